The van der Waals surface area contributed by atoms with E-state index in [-0.39, 0.29) is 11.9 Å². The number of carbonyl (C=O) groups is 1. The molecule has 0 unspecified atom stereocenters. The molecule has 0 atom stereocenters. The molecule has 2 rings (SSSR count). The van der Waals surface area contributed by atoms with Crippen LogP contribution in [0.4, 0.5) is 0 Å². The van der Waals surface area contributed by atoms with Gasteiger partial charge in [-0.1, -0.05) is 25.7 Å². The second-order valence-corrected chi connectivity index (χ2v) is 7.45. The number of aliphatic imine (C=N–C) groups is 1. The largest absolute Gasteiger partial charge is 0.469 e. The van der Waals surface area contributed by atoms with Crippen LogP contribution in [0.25, 0.3) is 0 Å². The molecule has 2 fully saturated rings. The Morgan fingerprint density at radius 1 is 1.08 bits per heavy atom. The third kappa shape index (κ3) is 7.14. The number of esters is 1. The first-order valence-corrected chi connectivity index (χ1v) is 10.4. The molecule has 1 heterocycles. The number of hydrogen-bond acceptors (Lipinski definition) is 4. The van der Waals surface area contributed by atoms with Crippen LogP contribution in [0.3, 0.4) is 0 Å². The van der Waals surface area contributed by atoms with Crippen LogP contribution >= 0.6 is 0 Å². The maximum absolute atomic E-state index is 11.6. The van der Waals surface area contributed by atoms with Crippen molar-refractivity contribution in [1.82, 2.24) is 10.2 Å². The quantitative estimate of drug-likeness (QED) is 0.246. The molecule has 1 aliphatic heterocycles. The van der Waals surface area contributed by atoms with Gasteiger partial charge in [0.2, 0.25) is 0 Å². The monoisotopic (exact) mass is 367 g/mol. The summed E-state index contributed by atoms with van der Waals surface area (Å²) in [5.74, 6) is 0.898. The van der Waals surface area contributed by atoms with Crippen LogP contribution < -0.4 is 5.32 Å². The minimum atomic E-state index is -0.0822. The van der Waals surface area contributed by atoms with Gasteiger partial charge in [0.15, 0.2) is 5.96 Å². The summed E-state index contributed by atoms with van der Waals surface area (Å²) in [6.45, 7) is 3.49. The second kappa shape index (κ2) is 12.2. The van der Waals surface area contributed by atoms with E-state index in [9.17, 15) is 4.79 Å². The molecule has 26 heavy (non-hydrogen) atoms. The predicted octanol–water partition coefficient (Wildman–Crippen LogP) is 2.97. The van der Waals surface area contributed by atoms with Crippen LogP contribution in [0.2, 0.25) is 0 Å². The molecule has 150 valence electrons. The fourth-order valence-electron chi connectivity index (χ4n) is 3.91. The summed E-state index contributed by atoms with van der Waals surface area (Å²) in [6.07, 6.45) is 12.2. The Balaban J connectivity index is 1.55. The lowest BCUT2D eigenvalue weighted by Crippen LogP contribution is -2.46. The van der Waals surface area contributed by atoms with E-state index in [1.807, 2.05) is 7.05 Å². The Morgan fingerprint density at radius 2 is 1.77 bits per heavy atom. The predicted molar refractivity (Wildman–Crippen MR) is 104 cm³/mol. The summed E-state index contributed by atoms with van der Waals surface area (Å²) in [7, 11) is 3.29. The van der Waals surface area contributed by atoms with Gasteiger partial charge in [-0.2, -0.15) is 0 Å². The molecule has 2 aliphatic rings. The molecule has 0 radical (unpaired) electrons. The zero-order valence-electron chi connectivity index (χ0n) is 16.7. The van der Waals surface area contributed by atoms with E-state index in [2.05, 4.69) is 15.2 Å². The van der Waals surface area contributed by atoms with Gasteiger partial charge in [0.05, 0.1) is 19.1 Å². The van der Waals surface area contributed by atoms with Crippen LogP contribution in [0, 0.1) is 5.92 Å². The lowest BCUT2D eigenvalue weighted by Gasteiger charge is -2.33. The summed E-state index contributed by atoms with van der Waals surface area (Å²) in [6, 6.07) is 0. The average molecular weight is 368 g/mol. The first kappa shape index (κ1) is 21.0. The van der Waals surface area contributed by atoms with Gasteiger partial charge < -0.3 is 19.7 Å². The van der Waals surface area contributed by atoms with Crippen LogP contribution in [-0.4, -0.2) is 63.3 Å². The highest BCUT2D eigenvalue weighted by Gasteiger charge is 2.26. The fourth-order valence-corrected chi connectivity index (χ4v) is 3.91. The average Bonchev–Trinajstić information content (AvgIpc) is 2.96. The van der Waals surface area contributed by atoms with Gasteiger partial charge in [0.1, 0.15) is 0 Å². The number of methoxy groups -OCH3 is 1. The number of guanidine groups is 1. The topological polar surface area (TPSA) is 63.2 Å². The third-order valence-electron chi connectivity index (χ3n) is 5.55. The summed E-state index contributed by atoms with van der Waals surface area (Å²) < 4.78 is 10.9. The summed E-state index contributed by atoms with van der Waals surface area (Å²) >= 11 is 0. The van der Waals surface area contributed by atoms with Crippen molar-refractivity contribution < 1.29 is 14.3 Å². The number of nitrogens with zero attached hydrogens (tertiary/aromatic N) is 2. The van der Waals surface area contributed by atoms with Crippen LogP contribution in [-0.2, 0) is 14.3 Å². The van der Waals surface area contributed by atoms with Crippen molar-refractivity contribution in [2.45, 2.75) is 70.3 Å². The number of unbranched alkanes of at least 4 members (excludes halogenated alkanes) is 1. The van der Waals surface area contributed by atoms with E-state index in [0.717, 1.165) is 57.9 Å². The van der Waals surface area contributed by atoms with Crippen molar-refractivity contribution >= 4 is 11.9 Å². The standard InChI is InChI=1S/C20H37N3O3/c1-21-20(23-14-11-17(12-15-23)19(24)25-2)22-13-7-8-16-26-18-9-5-3-4-6-10-18/h17-18H,3-16H2,1-2H3,(H,21,22). The van der Waals surface area contributed by atoms with Crippen molar-refractivity contribution in [1.29, 1.82) is 0 Å². The van der Waals surface area contributed by atoms with Crippen molar-refractivity contribution in [2.24, 2.45) is 10.9 Å². The summed E-state index contributed by atoms with van der Waals surface area (Å²) in [4.78, 5) is 18.2. The van der Waals surface area contributed by atoms with Crippen molar-refractivity contribution in [3.05, 3.63) is 0 Å². The molecule has 0 aromatic rings. The lowest BCUT2D eigenvalue weighted by molar-refractivity contribution is -0.146. The molecule has 1 saturated carbocycles. The van der Waals surface area contributed by atoms with Gasteiger partial charge in [-0.15, -0.1) is 0 Å². The number of likely N-dealkylation sites (tertiary alicyclic amines) is 1. The Morgan fingerprint density at radius 3 is 2.38 bits per heavy atom. The number of ether oxygens (including phenoxy) is 2. The van der Waals surface area contributed by atoms with E-state index < -0.39 is 0 Å². The summed E-state index contributed by atoms with van der Waals surface area (Å²) in [5, 5.41) is 3.45. The van der Waals surface area contributed by atoms with Gasteiger partial charge in [-0.25, -0.2) is 0 Å². The summed E-state index contributed by atoms with van der Waals surface area (Å²) in [5.41, 5.74) is 0. The Bertz CT molecular complexity index is 426. The lowest BCUT2D eigenvalue weighted by atomic mass is 9.97. The number of nitrogens with one attached hydrogen (secondary N) is 1. The first-order chi connectivity index (χ1) is 12.7. The molecular weight excluding hydrogens is 330 g/mol. The zero-order valence-corrected chi connectivity index (χ0v) is 16.7. The van der Waals surface area contributed by atoms with Gasteiger partial charge in [0, 0.05) is 33.3 Å². The molecule has 6 heteroatoms. The fraction of sp³-hybridized carbons (Fsp3) is 0.900. The third-order valence-corrected chi connectivity index (χ3v) is 5.55. The molecule has 1 saturated heterocycles. The van der Waals surface area contributed by atoms with E-state index in [4.69, 9.17) is 9.47 Å². The maximum Gasteiger partial charge on any atom is 0.308 e. The molecule has 1 N–H and O–H groups in total. The zero-order chi connectivity index (χ0) is 18.6. The Kier molecular flexibility index (Phi) is 9.82. The minimum absolute atomic E-state index is 0.0375. The number of carbonyl (C=O) groups excluding carboxylic acids is 1. The Hall–Kier alpha value is -1.30. The smallest absolute Gasteiger partial charge is 0.308 e. The molecule has 0 aromatic heterocycles. The number of hydrogen-bond donors (Lipinski definition) is 1. The SMILES string of the molecule is CN=C(NCCCCOC1CCCCCC1)N1CCC(C(=O)OC)CC1. The Labute approximate surface area is 158 Å². The number of piperidine rings is 1. The van der Waals surface area contributed by atoms with E-state index in [0.29, 0.717) is 6.10 Å². The first-order valence-electron chi connectivity index (χ1n) is 10.4. The van der Waals surface area contributed by atoms with E-state index in [1.54, 1.807) is 0 Å². The van der Waals surface area contributed by atoms with Crippen molar-refractivity contribution in [3.8, 4) is 0 Å². The van der Waals surface area contributed by atoms with Gasteiger partial charge in [-0.05, 0) is 38.5 Å². The van der Waals surface area contributed by atoms with E-state index >= 15 is 0 Å². The minimum Gasteiger partial charge on any atom is -0.469 e. The van der Waals surface area contributed by atoms with Crippen molar-refractivity contribution in [2.75, 3.05) is 40.4 Å². The van der Waals surface area contributed by atoms with E-state index in [1.165, 1.54) is 45.6 Å². The van der Waals surface area contributed by atoms with Crippen molar-refractivity contribution in [3.63, 3.8) is 0 Å². The highest BCUT2D eigenvalue weighted by atomic mass is 16.5. The molecule has 0 aromatic carbocycles. The highest BCUT2D eigenvalue weighted by molar-refractivity contribution is 5.80. The second-order valence-electron chi connectivity index (χ2n) is 7.45. The molecule has 1 aliphatic carbocycles. The molecule has 0 amide bonds. The van der Waals surface area contributed by atoms with Gasteiger partial charge in [-0.3, -0.25) is 9.79 Å². The molecule has 0 spiro atoms. The van der Waals surface area contributed by atoms with Crippen LogP contribution in [0.5, 0.6) is 0 Å². The molecule has 6 nitrogen and oxygen atoms in total. The molecule has 0 bridgehead atoms. The number of rotatable bonds is 7. The maximum atomic E-state index is 11.6. The molecular formula is C20H37N3O3. The van der Waals surface area contributed by atoms with Crippen LogP contribution in [0.1, 0.15) is 64.2 Å². The van der Waals surface area contributed by atoms with Crippen LogP contribution in [0.15, 0.2) is 4.99 Å². The van der Waals surface area contributed by atoms with Gasteiger partial charge >= 0.3 is 5.97 Å². The normalized spacial score (nSPS) is 20.7. The van der Waals surface area contributed by atoms with Gasteiger partial charge in [0.25, 0.3) is 0 Å². The highest BCUT2D eigenvalue weighted by Crippen LogP contribution is 2.20.